The Bertz CT molecular complexity index is 187. The number of hydrogen-bond acceptors (Lipinski definition) is 4. The molecule has 0 unspecified atom stereocenters. The van der Waals surface area contributed by atoms with Crippen LogP contribution in [0.15, 0.2) is 0 Å². The van der Waals surface area contributed by atoms with E-state index in [1.807, 2.05) is 13.8 Å². The van der Waals surface area contributed by atoms with Crippen LogP contribution in [-0.2, 0) is 14.3 Å². The van der Waals surface area contributed by atoms with Crippen LogP contribution >= 0.6 is 0 Å². The molecule has 1 amide bonds. The number of carbonyl (C=O) groups is 1. The first-order valence-electron chi connectivity index (χ1n) is 6.32. The van der Waals surface area contributed by atoms with Gasteiger partial charge >= 0.3 is 0 Å². The highest BCUT2D eigenvalue weighted by atomic mass is 16.5. The first-order chi connectivity index (χ1) is 8.18. The molecule has 0 aromatic carbocycles. The van der Waals surface area contributed by atoms with Crippen molar-refractivity contribution in [2.24, 2.45) is 5.92 Å². The fourth-order valence-corrected chi connectivity index (χ4v) is 1.09. The molecule has 0 aliphatic carbocycles. The molecular weight excluding hydrogens is 220 g/mol. The highest BCUT2D eigenvalue weighted by Crippen LogP contribution is 1.89. The number of carbonyl (C=O) groups excluding carboxylic acids is 1. The largest absolute Gasteiger partial charge is 0.378 e. The van der Waals surface area contributed by atoms with E-state index in [0.717, 1.165) is 13.1 Å². The Hall–Kier alpha value is -0.650. The molecule has 0 aromatic rings. The van der Waals surface area contributed by atoms with E-state index in [1.165, 1.54) is 0 Å². The van der Waals surface area contributed by atoms with E-state index in [0.29, 0.717) is 33.0 Å². The standard InChI is InChI=1S/C12H26N2O3/c1-4-13-5-7-16-9-10-17-8-6-14-12(15)11(2)3/h11,13H,4-10H2,1-3H3,(H,14,15). The van der Waals surface area contributed by atoms with Gasteiger partial charge in [-0.05, 0) is 6.54 Å². The molecule has 5 heteroatoms. The lowest BCUT2D eigenvalue weighted by molar-refractivity contribution is -0.124. The maximum absolute atomic E-state index is 11.2. The Labute approximate surface area is 104 Å². The zero-order chi connectivity index (χ0) is 12.9. The molecule has 0 spiro atoms. The summed E-state index contributed by atoms with van der Waals surface area (Å²) in [6, 6.07) is 0. The van der Waals surface area contributed by atoms with Crippen LogP contribution in [0.3, 0.4) is 0 Å². The fraction of sp³-hybridized carbons (Fsp3) is 0.917. The molecule has 0 rings (SSSR count). The van der Waals surface area contributed by atoms with Gasteiger partial charge in [0.2, 0.25) is 5.91 Å². The normalized spacial score (nSPS) is 10.8. The second-order valence-electron chi connectivity index (χ2n) is 4.02. The number of likely N-dealkylation sites (N-methyl/N-ethyl adjacent to an activating group) is 1. The predicted molar refractivity (Wildman–Crippen MR) is 68.0 cm³/mol. The van der Waals surface area contributed by atoms with Crippen molar-refractivity contribution in [3.8, 4) is 0 Å². The van der Waals surface area contributed by atoms with Crippen molar-refractivity contribution >= 4 is 5.91 Å². The van der Waals surface area contributed by atoms with Gasteiger partial charge in [0.1, 0.15) is 0 Å². The lowest BCUT2D eigenvalue weighted by atomic mass is 10.2. The quantitative estimate of drug-likeness (QED) is 0.518. The first kappa shape index (κ1) is 16.4. The van der Waals surface area contributed by atoms with E-state index in [1.54, 1.807) is 0 Å². The van der Waals surface area contributed by atoms with Gasteiger partial charge in [0, 0.05) is 19.0 Å². The molecule has 17 heavy (non-hydrogen) atoms. The molecule has 0 atom stereocenters. The monoisotopic (exact) mass is 246 g/mol. The number of amides is 1. The van der Waals surface area contributed by atoms with Gasteiger partial charge in [-0.25, -0.2) is 0 Å². The maximum atomic E-state index is 11.2. The summed E-state index contributed by atoms with van der Waals surface area (Å²) in [4.78, 5) is 11.2. The van der Waals surface area contributed by atoms with Crippen LogP contribution in [0.2, 0.25) is 0 Å². The molecule has 0 aliphatic heterocycles. The number of rotatable bonds is 11. The zero-order valence-corrected chi connectivity index (χ0v) is 11.3. The fourth-order valence-electron chi connectivity index (χ4n) is 1.09. The Kier molecular flexibility index (Phi) is 11.4. The molecule has 2 N–H and O–H groups in total. The molecule has 5 nitrogen and oxygen atoms in total. The SMILES string of the molecule is CCNCCOCCOCCNC(=O)C(C)C. The van der Waals surface area contributed by atoms with Crippen molar-refractivity contribution in [2.45, 2.75) is 20.8 Å². The average molecular weight is 246 g/mol. The van der Waals surface area contributed by atoms with Crippen LogP contribution in [0.5, 0.6) is 0 Å². The zero-order valence-electron chi connectivity index (χ0n) is 11.3. The third-order valence-corrected chi connectivity index (χ3v) is 2.12. The van der Waals surface area contributed by atoms with Crippen molar-refractivity contribution in [3.63, 3.8) is 0 Å². The molecule has 0 radical (unpaired) electrons. The molecule has 0 heterocycles. The van der Waals surface area contributed by atoms with Crippen molar-refractivity contribution < 1.29 is 14.3 Å². The average Bonchev–Trinajstić information content (AvgIpc) is 2.31. The van der Waals surface area contributed by atoms with Gasteiger partial charge < -0.3 is 20.1 Å². The summed E-state index contributed by atoms with van der Waals surface area (Å²) in [5.74, 6) is 0.0971. The molecule has 102 valence electrons. The Morgan fingerprint density at radius 1 is 1.06 bits per heavy atom. The lowest BCUT2D eigenvalue weighted by Gasteiger charge is -2.08. The first-order valence-corrected chi connectivity index (χ1v) is 6.32. The van der Waals surface area contributed by atoms with Crippen molar-refractivity contribution in [3.05, 3.63) is 0 Å². The molecule has 0 saturated heterocycles. The van der Waals surface area contributed by atoms with Crippen LogP contribution in [0.1, 0.15) is 20.8 Å². The topological polar surface area (TPSA) is 59.6 Å². The van der Waals surface area contributed by atoms with E-state index >= 15 is 0 Å². The van der Waals surface area contributed by atoms with Gasteiger partial charge in [-0.3, -0.25) is 4.79 Å². The van der Waals surface area contributed by atoms with Crippen LogP contribution in [0.25, 0.3) is 0 Å². The highest BCUT2D eigenvalue weighted by Gasteiger charge is 2.04. The Balaban J connectivity index is 3.06. The summed E-state index contributed by atoms with van der Waals surface area (Å²) >= 11 is 0. The predicted octanol–water partition coefficient (Wildman–Crippen LogP) is 0.401. The smallest absolute Gasteiger partial charge is 0.222 e. The summed E-state index contributed by atoms with van der Waals surface area (Å²) in [7, 11) is 0. The van der Waals surface area contributed by atoms with Crippen LogP contribution in [0.4, 0.5) is 0 Å². The van der Waals surface area contributed by atoms with E-state index in [-0.39, 0.29) is 11.8 Å². The molecule has 0 saturated carbocycles. The van der Waals surface area contributed by atoms with E-state index < -0.39 is 0 Å². The van der Waals surface area contributed by atoms with E-state index in [9.17, 15) is 4.79 Å². The van der Waals surface area contributed by atoms with Crippen LogP contribution < -0.4 is 10.6 Å². The highest BCUT2D eigenvalue weighted by molar-refractivity contribution is 5.77. The molecule has 0 aromatic heterocycles. The van der Waals surface area contributed by atoms with Gasteiger partial charge in [-0.2, -0.15) is 0 Å². The number of hydrogen-bond donors (Lipinski definition) is 2. The minimum atomic E-state index is 0.0319. The minimum Gasteiger partial charge on any atom is -0.378 e. The Morgan fingerprint density at radius 2 is 1.65 bits per heavy atom. The minimum absolute atomic E-state index is 0.0319. The summed E-state index contributed by atoms with van der Waals surface area (Å²) in [6.07, 6.45) is 0. The van der Waals surface area contributed by atoms with Gasteiger partial charge in [-0.1, -0.05) is 20.8 Å². The molecule has 0 aliphatic rings. The van der Waals surface area contributed by atoms with Crippen molar-refractivity contribution in [1.82, 2.24) is 10.6 Å². The van der Waals surface area contributed by atoms with Gasteiger partial charge in [0.25, 0.3) is 0 Å². The van der Waals surface area contributed by atoms with Crippen LogP contribution in [0, 0.1) is 5.92 Å². The molecule has 0 bridgehead atoms. The maximum Gasteiger partial charge on any atom is 0.222 e. The third kappa shape index (κ3) is 11.6. The molecular formula is C12H26N2O3. The van der Waals surface area contributed by atoms with Gasteiger partial charge in [0.05, 0.1) is 26.4 Å². The van der Waals surface area contributed by atoms with Crippen molar-refractivity contribution in [1.29, 1.82) is 0 Å². The van der Waals surface area contributed by atoms with Gasteiger partial charge in [-0.15, -0.1) is 0 Å². The summed E-state index contributed by atoms with van der Waals surface area (Å²) in [6.45, 7) is 10.6. The summed E-state index contributed by atoms with van der Waals surface area (Å²) < 4.78 is 10.6. The Morgan fingerprint density at radius 3 is 2.18 bits per heavy atom. The molecule has 0 fully saturated rings. The van der Waals surface area contributed by atoms with Gasteiger partial charge in [0.15, 0.2) is 0 Å². The number of ether oxygens (including phenoxy) is 2. The summed E-state index contributed by atoms with van der Waals surface area (Å²) in [5.41, 5.74) is 0. The lowest BCUT2D eigenvalue weighted by Crippen LogP contribution is -2.31. The van der Waals surface area contributed by atoms with E-state index in [4.69, 9.17) is 9.47 Å². The second-order valence-corrected chi connectivity index (χ2v) is 4.02. The number of nitrogens with one attached hydrogen (secondary N) is 2. The van der Waals surface area contributed by atoms with Crippen molar-refractivity contribution in [2.75, 3.05) is 46.1 Å². The third-order valence-electron chi connectivity index (χ3n) is 2.12. The second kappa shape index (κ2) is 11.8. The van der Waals surface area contributed by atoms with E-state index in [2.05, 4.69) is 17.6 Å². The summed E-state index contributed by atoms with van der Waals surface area (Å²) in [5, 5.41) is 5.96. The van der Waals surface area contributed by atoms with Crippen LogP contribution in [-0.4, -0.2) is 52.0 Å².